The highest BCUT2D eigenvalue weighted by molar-refractivity contribution is 5.79. The fraction of sp³-hybridized carbons (Fsp3) is 0.200. The number of hydrogen-bond donors (Lipinski definition) is 1. The van der Waals surface area contributed by atoms with Crippen LogP contribution in [0.25, 0.3) is 5.57 Å². The molecule has 18 heavy (non-hydrogen) atoms. The van der Waals surface area contributed by atoms with E-state index in [1.807, 2.05) is 38.2 Å². The van der Waals surface area contributed by atoms with Crippen molar-refractivity contribution in [3.05, 3.63) is 47.2 Å². The standard InChI is InChI=1S/C15H17N3/c1-11(9-16)7-13(10-17-3)15-8-14(18-4)6-5-12(15)2/h5-8,10,18H,3H2,1-2,4H3/b11-7+,13-10+. The molecule has 1 N–H and O–H groups in total. The third kappa shape index (κ3) is 3.33. The minimum absolute atomic E-state index is 0.638. The number of anilines is 1. The lowest BCUT2D eigenvalue weighted by Gasteiger charge is -2.09. The van der Waals surface area contributed by atoms with E-state index in [1.165, 1.54) is 0 Å². The average Bonchev–Trinajstić information content (AvgIpc) is 2.38. The molecule has 0 fully saturated rings. The Hall–Kier alpha value is -2.34. The van der Waals surface area contributed by atoms with Crippen LogP contribution < -0.4 is 5.32 Å². The summed E-state index contributed by atoms with van der Waals surface area (Å²) in [7, 11) is 1.87. The van der Waals surface area contributed by atoms with Gasteiger partial charge in [-0.25, -0.2) is 0 Å². The fourth-order valence-electron chi connectivity index (χ4n) is 1.64. The van der Waals surface area contributed by atoms with Crippen LogP contribution in [0.5, 0.6) is 0 Å². The predicted molar refractivity (Wildman–Crippen MR) is 77.6 cm³/mol. The first-order valence-electron chi connectivity index (χ1n) is 5.65. The van der Waals surface area contributed by atoms with E-state index >= 15 is 0 Å². The van der Waals surface area contributed by atoms with E-state index < -0.39 is 0 Å². The van der Waals surface area contributed by atoms with Crippen molar-refractivity contribution >= 4 is 18.0 Å². The van der Waals surface area contributed by atoms with Gasteiger partial charge in [-0.3, -0.25) is 4.99 Å². The molecule has 0 radical (unpaired) electrons. The van der Waals surface area contributed by atoms with Gasteiger partial charge < -0.3 is 5.32 Å². The van der Waals surface area contributed by atoms with Gasteiger partial charge >= 0.3 is 0 Å². The fourth-order valence-corrected chi connectivity index (χ4v) is 1.64. The van der Waals surface area contributed by atoms with Gasteiger partial charge in [0.15, 0.2) is 0 Å². The normalized spacial score (nSPS) is 11.9. The van der Waals surface area contributed by atoms with E-state index in [0.29, 0.717) is 5.57 Å². The van der Waals surface area contributed by atoms with Crippen LogP contribution in [0.3, 0.4) is 0 Å². The molecule has 1 aromatic rings. The molecule has 0 bridgehead atoms. The number of hydrogen-bond acceptors (Lipinski definition) is 3. The van der Waals surface area contributed by atoms with Crippen molar-refractivity contribution < 1.29 is 0 Å². The average molecular weight is 239 g/mol. The molecule has 0 unspecified atom stereocenters. The molecule has 0 aliphatic heterocycles. The summed E-state index contributed by atoms with van der Waals surface area (Å²) in [6, 6.07) is 8.20. The molecule has 0 amide bonds. The van der Waals surface area contributed by atoms with Crippen LogP contribution >= 0.6 is 0 Å². The summed E-state index contributed by atoms with van der Waals surface area (Å²) < 4.78 is 0. The Bertz CT molecular complexity index is 545. The Morgan fingerprint density at radius 2 is 2.22 bits per heavy atom. The minimum Gasteiger partial charge on any atom is -0.388 e. The van der Waals surface area contributed by atoms with Crippen molar-refractivity contribution in [2.75, 3.05) is 12.4 Å². The third-order valence-corrected chi connectivity index (χ3v) is 2.62. The maximum absolute atomic E-state index is 8.86. The SMILES string of the molecule is C=N/C=C(\C=C(/C)C#N)c1cc(NC)ccc1C. The number of nitrogens with zero attached hydrogens (tertiary/aromatic N) is 2. The number of benzene rings is 1. The molecule has 0 saturated carbocycles. The molecular weight excluding hydrogens is 222 g/mol. The zero-order chi connectivity index (χ0) is 13.5. The van der Waals surface area contributed by atoms with Gasteiger partial charge in [-0.2, -0.15) is 5.26 Å². The van der Waals surface area contributed by atoms with E-state index in [-0.39, 0.29) is 0 Å². The summed E-state index contributed by atoms with van der Waals surface area (Å²) >= 11 is 0. The van der Waals surface area contributed by atoms with Crippen LogP contribution in [0.1, 0.15) is 18.1 Å². The summed E-state index contributed by atoms with van der Waals surface area (Å²) in [5.41, 5.74) is 4.72. The van der Waals surface area contributed by atoms with Crippen LogP contribution in [0.4, 0.5) is 5.69 Å². The lowest BCUT2D eigenvalue weighted by Crippen LogP contribution is -1.93. The Labute approximate surface area is 108 Å². The second kappa shape index (κ2) is 6.41. The zero-order valence-electron chi connectivity index (χ0n) is 11.0. The summed E-state index contributed by atoms with van der Waals surface area (Å²) in [6.45, 7) is 7.28. The molecule has 0 aliphatic rings. The van der Waals surface area contributed by atoms with Gasteiger partial charge in [-0.05, 0) is 49.9 Å². The molecule has 0 aromatic heterocycles. The van der Waals surface area contributed by atoms with Crippen LogP contribution in [0, 0.1) is 18.3 Å². The van der Waals surface area contributed by atoms with Crippen LogP contribution in [-0.2, 0) is 0 Å². The summed E-state index contributed by atoms with van der Waals surface area (Å²) in [5, 5.41) is 12.0. The van der Waals surface area contributed by atoms with Crippen molar-refractivity contribution in [1.82, 2.24) is 0 Å². The van der Waals surface area contributed by atoms with Gasteiger partial charge in [0.1, 0.15) is 0 Å². The summed E-state index contributed by atoms with van der Waals surface area (Å²) in [6.07, 6.45) is 3.49. The van der Waals surface area contributed by atoms with E-state index in [2.05, 4.69) is 23.1 Å². The van der Waals surface area contributed by atoms with Crippen molar-refractivity contribution in [1.29, 1.82) is 5.26 Å². The quantitative estimate of drug-likeness (QED) is 0.496. The number of nitriles is 1. The monoisotopic (exact) mass is 239 g/mol. The minimum atomic E-state index is 0.638. The molecule has 0 heterocycles. The number of aliphatic imine (C=N–C) groups is 1. The maximum atomic E-state index is 8.86. The third-order valence-electron chi connectivity index (χ3n) is 2.62. The molecule has 92 valence electrons. The van der Waals surface area contributed by atoms with Gasteiger partial charge in [0, 0.05) is 30.1 Å². The Morgan fingerprint density at radius 1 is 1.50 bits per heavy atom. The molecule has 0 saturated heterocycles. The smallest absolute Gasteiger partial charge is 0.0944 e. The first-order valence-corrected chi connectivity index (χ1v) is 5.65. The first kappa shape index (κ1) is 13.7. The highest BCUT2D eigenvalue weighted by Gasteiger charge is 2.04. The topological polar surface area (TPSA) is 48.2 Å². The Balaban J connectivity index is 3.35. The van der Waals surface area contributed by atoms with E-state index in [9.17, 15) is 0 Å². The molecule has 3 nitrogen and oxygen atoms in total. The number of allylic oxidation sites excluding steroid dienone is 3. The van der Waals surface area contributed by atoms with Crippen molar-refractivity contribution in [3.63, 3.8) is 0 Å². The van der Waals surface area contributed by atoms with Crippen LogP contribution in [0.2, 0.25) is 0 Å². The molecule has 0 atom stereocenters. The van der Waals surface area contributed by atoms with Gasteiger partial charge in [0.25, 0.3) is 0 Å². The van der Waals surface area contributed by atoms with Gasteiger partial charge in [0.05, 0.1) is 6.07 Å². The molecule has 3 heteroatoms. The van der Waals surface area contributed by atoms with Crippen LogP contribution in [-0.4, -0.2) is 13.8 Å². The lowest BCUT2D eigenvalue weighted by molar-refractivity contribution is 1.38. The highest BCUT2D eigenvalue weighted by atomic mass is 14.8. The van der Waals surface area contributed by atoms with E-state index in [4.69, 9.17) is 5.26 Å². The molecule has 0 spiro atoms. The zero-order valence-corrected chi connectivity index (χ0v) is 11.0. The van der Waals surface area contributed by atoms with E-state index in [1.54, 1.807) is 13.1 Å². The molecule has 0 aliphatic carbocycles. The second-order valence-corrected chi connectivity index (χ2v) is 3.99. The number of aryl methyl sites for hydroxylation is 1. The largest absolute Gasteiger partial charge is 0.388 e. The van der Waals surface area contributed by atoms with Gasteiger partial charge in [-0.1, -0.05) is 6.07 Å². The Morgan fingerprint density at radius 3 is 2.78 bits per heavy atom. The lowest BCUT2D eigenvalue weighted by atomic mass is 9.99. The summed E-state index contributed by atoms with van der Waals surface area (Å²) in [5.74, 6) is 0. The van der Waals surface area contributed by atoms with E-state index in [0.717, 1.165) is 22.4 Å². The van der Waals surface area contributed by atoms with Gasteiger partial charge in [-0.15, -0.1) is 0 Å². The maximum Gasteiger partial charge on any atom is 0.0944 e. The first-order chi connectivity index (χ1) is 8.62. The second-order valence-electron chi connectivity index (χ2n) is 3.99. The van der Waals surface area contributed by atoms with Gasteiger partial charge in [0.2, 0.25) is 0 Å². The molecule has 1 aromatic carbocycles. The van der Waals surface area contributed by atoms with Crippen molar-refractivity contribution in [2.45, 2.75) is 13.8 Å². The highest BCUT2D eigenvalue weighted by Crippen LogP contribution is 2.24. The summed E-state index contributed by atoms with van der Waals surface area (Å²) in [4.78, 5) is 3.81. The number of nitrogens with one attached hydrogen (secondary N) is 1. The Kier molecular flexibility index (Phi) is 4.89. The molecular formula is C15H17N3. The molecule has 1 rings (SSSR count). The van der Waals surface area contributed by atoms with Crippen molar-refractivity contribution in [2.24, 2.45) is 4.99 Å². The van der Waals surface area contributed by atoms with Crippen molar-refractivity contribution in [3.8, 4) is 6.07 Å². The van der Waals surface area contributed by atoms with Crippen LogP contribution in [0.15, 0.2) is 41.0 Å². The number of rotatable bonds is 4. The predicted octanol–water partition coefficient (Wildman–Crippen LogP) is 3.55.